The number of carbonyl (C=O) groups is 3. The fraction of sp³-hybridized carbons (Fsp3) is 0.471. The second kappa shape index (κ2) is 6.51. The molecule has 0 aliphatic carbocycles. The van der Waals surface area contributed by atoms with Crippen LogP contribution in [0.5, 0.6) is 0 Å². The molecule has 24 heavy (non-hydrogen) atoms. The minimum Gasteiger partial charge on any atom is -0.399 e. The molecule has 0 spiro atoms. The number of carbonyl (C=O) groups excluding carboxylic acids is 3. The Hall–Kier alpha value is -2.57. The quantitative estimate of drug-likeness (QED) is 0.806. The lowest BCUT2D eigenvalue weighted by Crippen LogP contribution is -2.49. The van der Waals surface area contributed by atoms with Crippen LogP contribution < -0.4 is 16.0 Å². The lowest BCUT2D eigenvalue weighted by atomic mass is 10.1. The molecule has 130 valence electrons. The smallest absolute Gasteiger partial charge is 0.329 e. The Bertz CT molecular complexity index is 666. The van der Waals surface area contributed by atoms with Crippen molar-refractivity contribution in [1.29, 1.82) is 0 Å². The predicted octanol–water partition coefficient (Wildman–Crippen LogP) is 1.73. The van der Waals surface area contributed by atoms with Crippen LogP contribution in [0, 0.1) is 0 Å². The molecular formula is C17H24N4O3. The SMILES string of the molecule is CC(=O)N(C(=O)NC1CC(=O)N(C(C)(C)C)C1)c1cccc(N)c1. The molecule has 1 saturated heterocycles. The lowest BCUT2D eigenvalue weighted by molar-refractivity contribution is -0.131. The van der Waals surface area contributed by atoms with Gasteiger partial charge in [0.25, 0.3) is 0 Å². The van der Waals surface area contributed by atoms with Gasteiger partial charge in [-0.1, -0.05) is 6.07 Å². The highest BCUT2D eigenvalue weighted by Crippen LogP contribution is 2.23. The summed E-state index contributed by atoms with van der Waals surface area (Å²) in [5.74, 6) is -0.429. The fourth-order valence-electron chi connectivity index (χ4n) is 2.80. The third-order valence-corrected chi connectivity index (χ3v) is 3.91. The Labute approximate surface area is 141 Å². The van der Waals surface area contributed by atoms with Crippen LogP contribution in [0.15, 0.2) is 24.3 Å². The Kier molecular flexibility index (Phi) is 4.82. The molecule has 0 bridgehead atoms. The minimum atomic E-state index is -0.554. The molecule has 1 fully saturated rings. The van der Waals surface area contributed by atoms with E-state index >= 15 is 0 Å². The van der Waals surface area contributed by atoms with Crippen LogP contribution in [0.25, 0.3) is 0 Å². The Morgan fingerprint density at radius 1 is 1.33 bits per heavy atom. The number of urea groups is 1. The number of anilines is 2. The van der Waals surface area contributed by atoms with Gasteiger partial charge in [-0.15, -0.1) is 0 Å². The Balaban J connectivity index is 2.13. The molecule has 7 heteroatoms. The van der Waals surface area contributed by atoms with Crippen molar-refractivity contribution in [2.45, 2.75) is 45.7 Å². The van der Waals surface area contributed by atoms with Crippen molar-refractivity contribution in [2.24, 2.45) is 0 Å². The summed E-state index contributed by atoms with van der Waals surface area (Å²) in [6, 6.07) is 5.67. The van der Waals surface area contributed by atoms with Crippen molar-refractivity contribution in [3.63, 3.8) is 0 Å². The van der Waals surface area contributed by atoms with E-state index in [1.165, 1.54) is 6.92 Å². The van der Waals surface area contributed by atoms with Gasteiger partial charge in [-0.2, -0.15) is 0 Å². The molecule has 1 heterocycles. The topological polar surface area (TPSA) is 95.7 Å². The van der Waals surface area contributed by atoms with E-state index in [4.69, 9.17) is 5.73 Å². The van der Waals surface area contributed by atoms with Gasteiger partial charge in [-0.3, -0.25) is 9.59 Å². The number of hydrogen-bond acceptors (Lipinski definition) is 4. The number of hydrogen-bond donors (Lipinski definition) is 2. The standard InChI is InChI=1S/C17H24N4O3/c1-11(22)21(14-7-5-6-12(18)8-14)16(24)19-13-9-15(23)20(10-13)17(2,3)4/h5-8,13H,9-10,18H2,1-4H3,(H,19,24). The average molecular weight is 332 g/mol. The summed E-state index contributed by atoms with van der Waals surface area (Å²) in [5, 5.41) is 2.77. The molecule has 1 aromatic rings. The molecule has 1 aliphatic heterocycles. The van der Waals surface area contributed by atoms with Gasteiger partial charge in [-0.05, 0) is 39.0 Å². The molecule has 3 N–H and O–H groups in total. The summed E-state index contributed by atoms with van der Waals surface area (Å²) in [4.78, 5) is 39.3. The van der Waals surface area contributed by atoms with Crippen LogP contribution in [0.3, 0.4) is 0 Å². The van der Waals surface area contributed by atoms with Gasteiger partial charge in [0.2, 0.25) is 11.8 Å². The molecule has 4 amide bonds. The molecule has 1 unspecified atom stereocenters. The van der Waals surface area contributed by atoms with Crippen LogP contribution in [0.1, 0.15) is 34.1 Å². The van der Waals surface area contributed by atoms with Crippen LogP contribution in [0.2, 0.25) is 0 Å². The molecule has 0 saturated carbocycles. The molecule has 1 atom stereocenters. The highest BCUT2D eigenvalue weighted by atomic mass is 16.2. The summed E-state index contributed by atoms with van der Waals surface area (Å²) in [5.41, 5.74) is 6.28. The third kappa shape index (κ3) is 3.84. The van der Waals surface area contributed by atoms with E-state index in [2.05, 4.69) is 5.32 Å². The zero-order valence-electron chi connectivity index (χ0n) is 14.5. The molecule has 0 radical (unpaired) electrons. The number of likely N-dealkylation sites (tertiary alicyclic amines) is 1. The summed E-state index contributed by atoms with van der Waals surface area (Å²) in [7, 11) is 0. The van der Waals surface area contributed by atoms with Gasteiger partial charge in [0.1, 0.15) is 0 Å². The van der Waals surface area contributed by atoms with Crippen molar-refractivity contribution in [2.75, 3.05) is 17.2 Å². The minimum absolute atomic E-state index is 0.00821. The largest absolute Gasteiger partial charge is 0.399 e. The first-order valence-electron chi connectivity index (χ1n) is 7.87. The molecule has 1 aromatic carbocycles. The van der Waals surface area contributed by atoms with Crippen molar-refractivity contribution >= 4 is 29.2 Å². The Morgan fingerprint density at radius 3 is 2.50 bits per heavy atom. The maximum Gasteiger partial charge on any atom is 0.329 e. The van der Waals surface area contributed by atoms with Gasteiger partial charge in [0, 0.05) is 31.1 Å². The highest BCUT2D eigenvalue weighted by molar-refractivity contribution is 6.13. The number of benzene rings is 1. The number of nitrogen functional groups attached to an aromatic ring is 1. The average Bonchev–Trinajstić information content (AvgIpc) is 2.79. The van der Waals surface area contributed by atoms with Crippen molar-refractivity contribution < 1.29 is 14.4 Å². The van der Waals surface area contributed by atoms with Crippen LogP contribution in [0.4, 0.5) is 16.2 Å². The third-order valence-electron chi connectivity index (χ3n) is 3.91. The predicted molar refractivity (Wildman–Crippen MR) is 92.4 cm³/mol. The second-order valence-corrected chi connectivity index (χ2v) is 6.98. The first-order chi connectivity index (χ1) is 11.1. The fourth-order valence-corrected chi connectivity index (χ4v) is 2.80. The molecule has 2 rings (SSSR count). The van der Waals surface area contributed by atoms with Gasteiger partial charge in [-0.25, -0.2) is 9.69 Å². The van der Waals surface area contributed by atoms with Gasteiger partial charge < -0.3 is 16.0 Å². The molecule has 7 nitrogen and oxygen atoms in total. The summed E-state index contributed by atoms with van der Waals surface area (Å²) in [6.45, 7) is 7.58. The second-order valence-electron chi connectivity index (χ2n) is 6.98. The number of nitrogens with two attached hydrogens (primary N) is 1. The number of nitrogens with one attached hydrogen (secondary N) is 1. The van der Waals surface area contributed by atoms with E-state index in [0.717, 1.165) is 4.90 Å². The van der Waals surface area contributed by atoms with Gasteiger partial charge in [0.15, 0.2) is 0 Å². The summed E-state index contributed by atoms with van der Waals surface area (Å²) >= 11 is 0. The number of rotatable bonds is 2. The highest BCUT2D eigenvalue weighted by Gasteiger charge is 2.37. The van der Waals surface area contributed by atoms with Crippen LogP contribution in [-0.2, 0) is 9.59 Å². The van der Waals surface area contributed by atoms with Crippen LogP contribution in [-0.4, -0.2) is 40.9 Å². The normalized spacial score (nSPS) is 17.8. The number of nitrogens with zero attached hydrogens (tertiary/aromatic N) is 2. The zero-order valence-corrected chi connectivity index (χ0v) is 14.5. The van der Waals surface area contributed by atoms with E-state index in [9.17, 15) is 14.4 Å². The molecule has 0 aromatic heterocycles. The van der Waals surface area contributed by atoms with Gasteiger partial charge >= 0.3 is 6.03 Å². The van der Waals surface area contributed by atoms with Crippen molar-refractivity contribution in [3.8, 4) is 0 Å². The first kappa shape index (κ1) is 17.8. The van der Waals surface area contributed by atoms with Crippen LogP contribution >= 0.6 is 0 Å². The maximum absolute atomic E-state index is 12.5. The molecule has 1 aliphatic rings. The lowest BCUT2D eigenvalue weighted by Gasteiger charge is -2.32. The monoisotopic (exact) mass is 332 g/mol. The van der Waals surface area contributed by atoms with E-state index in [1.54, 1.807) is 29.2 Å². The number of imide groups is 1. The molecular weight excluding hydrogens is 308 g/mol. The maximum atomic E-state index is 12.5. The zero-order chi connectivity index (χ0) is 18.1. The van der Waals surface area contributed by atoms with E-state index in [1.807, 2.05) is 20.8 Å². The van der Waals surface area contributed by atoms with E-state index in [-0.39, 0.29) is 23.9 Å². The van der Waals surface area contributed by atoms with Crippen molar-refractivity contribution in [1.82, 2.24) is 10.2 Å². The van der Waals surface area contributed by atoms with E-state index < -0.39 is 11.9 Å². The number of amides is 4. The Morgan fingerprint density at radius 2 is 2.00 bits per heavy atom. The summed E-state index contributed by atoms with van der Waals surface area (Å²) in [6.07, 6.45) is 0.228. The first-order valence-corrected chi connectivity index (χ1v) is 7.87. The van der Waals surface area contributed by atoms with E-state index in [0.29, 0.717) is 17.9 Å². The summed E-state index contributed by atoms with van der Waals surface area (Å²) < 4.78 is 0. The van der Waals surface area contributed by atoms with Crippen molar-refractivity contribution in [3.05, 3.63) is 24.3 Å². The van der Waals surface area contributed by atoms with Gasteiger partial charge in [0.05, 0.1) is 11.7 Å².